The molecule has 126 valence electrons. The van der Waals surface area contributed by atoms with E-state index < -0.39 is 0 Å². The Balaban J connectivity index is 2.10. The fourth-order valence-corrected chi connectivity index (χ4v) is 2.52. The zero-order chi connectivity index (χ0) is 17.7. The maximum Gasteiger partial charge on any atom is 0.143 e. The smallest absolute Gasteiger partial charge is 0.143 e. The number of rotatable bonds is 4. The maximum atomic E-state index is 5.86. The van der Waals surface area contributed by atoms with Crippen LogP contribution in [0.15, 0.2) is 82.4 Å². The predicted molar refractivity (Wildman–Crippen MR) is 106 cm³/mol. The van der Waals surface area contributed by atoms with Crippen LogP contribution in [0.2, 0.25) is 0 Å². The molecule has 0 aliphatic carbocycles. The van der Waals surface area contributed by atoms with Gasteiger partial charge in [-0.3, -0.25) is 4.99 Å². The lowest BCUT2D eigenvalue weighted by atomic mass is 9.98. The molecule has 0 atom stereocenters. The molecule has 0 amide bonds. The van der Waals surface area contributed by atoms with Crippen molar-refractivity contribution in [3.8, 4) is 0 Å². The molecule has 1 aromatic heterocycles. The summed E-state index contributed by atoms with van der Waals surface area (Å²) in [6.07, 6.45) is 5.78. The van der Waals surface area contributed by atoms with Crippen LogP contribution in [0.1, 0.15) is 43.2 Å². The molecule has 1 heterocycles. The van der Waals surface area contributed by atoms with Crippen LogP contribution in [0, 0.1) is 0 Å². The summed E-state index contributed by atoms with van der Waals surface area (Å²) in [6.45, 7) is 6.25. The Morgan fingerprint density at radius 1 is 0.880 bits per heavy atom. The molecule has 0 unspecified atom stereocenters. The number of nitrogens with zero attached hydrogens (tertiary/aromatic N) is 1. The Kier molecular flexibility index (Phi) is 4.99. The van der Waals surface area contributed by atoms with Gasteiger partial charge in [-0.15, -0.1) is 0 Å². The van der Waals surface area contributed by atoms with Crippen LogP contribution in [-0.4, -0.2) is 11.8 Å². The maximum absolute atomic E-state index is 5.86. The van der Waals surface area contributed by atoms with E-state index in [0.29, 0.717) is 0 Å². The minimum absolute atomic E-state index is 0.120. The van der Waals surface area contributed by atoms with Crippen molar-refractivity contribution in [2.45, 2.75) is 26.3 Å². The van der Waals surface area contributed by atoms with Gasteiger partial charge in [-0.1, -0.05) is 60.7 Å². The summed E-state index contributed by atoms with van der Waals surface area (Å²) in [5, 5.41) is 0. The predicted octanol–water partition coefficient (Wildman–Crippen LogP) is 6.09. The van der Waals surface area contributed by atoms with E-state index in [1.165, 1.54) is 0 Å². The highest BCUT2D eigenvalue weighted by Crippen LogP contribution is 2.29. The van der Waals surface area contributed by atoms with Gasteiger partial charge in [0.15, 0.2) is 0 Å². The molecular weight excluding hydrogens is 306 g/mol. The van der Waals surface area contributed by atoms with Gasteiger partial charge in [0.1, 0.15) is 5.76 Å². The highest BCUT2D eigenvalue weighted by atomic mass is 16.3. The van der Waals surface area contributed by atoms with Crippen molar-refractivity contribution >= 4 is 17.9 Å². The van der Waals surface area contributed by atoms with Gasteiger partial charge < -0.3 is 4.42 Å². The van der Waals surface area contributed by atoms with Crippen LogP contribution in [0.5, 0.6) is 0 Å². The molecular formula is C23H23NO. The van der Waals surface area contributed by atoms with Crippen molar-refractivity contribution in [2.75, 3.05) is 0 Å². The van der Waals surface area contributed by atoms with E-state index in [-0.39, 0.29) is 5.54 Å². The molecule has 0 bridgehead atoms. The second kappa shape index (κ2) is 7.35. The van der Waals surface area contributed by atoms with E-state index in [4.69, 9.17) is 4.42 Å². The topological polar surface area (TPSA) is 25.5 Å². The van der Waals surface area contributed by atoms with Crippen molar-refractivity contribution in [3.05, 3.63) is 95.4 Å². The molecule has 2 aromatic carbocycles. The van der Waals surface area contributed by atoms with E-state index in [9.17, 15) is 0 Å². The summed E-state index contributed by atoms with van der Waals surface area (Å²) in [4.78, 5) is 4.63. The van der Waals surface area contributed by atoms with Crippen molar-refractivity contribution in [1.29, 1.82) is 0 Å². The second-order valence-corrected chi connectivity index (χ2v) is 6.97. The quantitative estimate of drug-likeness (QED) is 0.420. The van der Waals surface area contributed by atoms with Gasteiger partial charge in [0.25, 0.3) is 0 Å². The fraction of sp³-hybridized carbons (Fsp3) is 0.174. The van der Waals surface area contributed by atoms with Gasteiger partial charge in [0, 0.05) is 17.4 Å². The highest BCUT2D eigenvalue weighted by molar-refractivity contribution is 5.96. The fourth-order valence-electron chi connectivity index (χ4n) is 2.52. The van der Waals surface area contributed by atoms with Crippen molar-refractivity contribution in [3.63, 3.8) is 0 Å². The van der Waals surface area contributed by atoms with Gasteiger partial charge in [-0.05, 0) is 44.0 Å². The van der Waals surface area contributed by atoms with Gasteiger partial charge in [0.2, 0.25) is 0 Å². The Morgan fingerprint density at radius 3 is 2.16 bits per heavy atom. The SMILES string of the molecule is CC(C)(C)N=Cc1ccoc1/C(=C/c1ccccc1)c1ccccc1. The molecule has 0 saturated carbocycles. The molecule has 0 saturated heterocycles. The molecule has 0 spiro atoms. The van der Waals surface area contributed by atoms with Gasteiger partial charge in [-0.25, -0.2) is 0 Å². The van der Waals surface area contributed by atoms with E-state index in [0.717, 1.165) is 28.0 Å². The van der Waals surface area contributed by atoms with Crippen molar-refractivity contribution in [2.24, 2.45) is 4.99 Å². The third-order valence-electron chi connectivity index (χ3n) is 3.73. The first-order valence-electron chi connectivity index (χ1n) is 8.48. The number of furan rings is 1. The molecule has 0 N–H and O–H groups in total. The molecule has 0 fully saturated rings. The van der Waals surface area contributed by atoms with Crippen LogP contribution >= 0.6 is 0 Å². The van der Waals surface area contributed by atoms with Gasteiger partial charge in [0.05, 0.1) is 11.8 Å². The molecule has 2 nitrogen and oxygen atoms in total. The van der Waals surface area contributed by atoms with Crippen LogP contribution in [0.25, 0.3) is 11.6 Å². The number of benzene rings is 2. The summed E-state index contributed by atoms with van der Waals surface area (Å²) >= 11 is 0. The summed E-state index contributed by atoms with van der Waals surface area (Å²) in [5.41, 5.74) is 4.17. The molecule has 3 rings (SSSR count). The normalized spacial score (nSPS) is 12.7. The summed E-state index contributed by atoms with van der Waals surface area (Å²) in [7, 11) is 0. The first kappa shape index (κ1) is 17.0. The Bertz CT molecular complexity index is 865. The Morgan fingerprint density at radius 2 is 1.52 bits per heavy atom. The summed E-state index contributed by atoms with van der Waals surface area (Å²) in [5.74, 6) is 0.836. The Labute approximate surface area is 149 Å². The Hall–Kier alpha value is -2.87. The summed E-state index contributed by atoms with van der Waals surface area (Å²) in [6, 6.07) is 22.6. The van der Waals surface area contributed by atoms with E-state index in [2.05, 4.69) is 56.1 Å². The lowest BCUT2D eigenvalue weighted by Gasteiger charge is -2.11. The zero-order valence-electron chi connectivity index (χ0n) is 14.9. The average Bonchev–Trinajstić information content (AvgIpc) is 3.07. The molecule has 25 heavy (non-hydrogen) atoms. The third-order valence-corrected chi connectivity index (χ3v) is 3.73. The number of hydrogen-bond donors (Lipinski definition) is 0. The highest BCUT2D eigenvalue weighted by Gasteiger charge is 2.14. The van der Waals surface area contributed by atoms with E-state index >= 15 is 0 Å². The minimum Gasteiger partial charge on any atom is -0.464 e. The molecule has 0 aliphatic heterocycles. The van der Waals surface area contributed by atoms with Crippen molar-refractivity contribution in [1.82, 2.24) is 0 Å². The van der Waals surface area contributed by atoms with Gasteiger partial charge >= 0.3 is 0 Å². The van der Waals surface area contributed by atoms with Crippen molar-refractivity contribution < 1.29 is 4.42 Å². The second-order valence-electron chi connectivity index (χ2n) is 6.97. The summed E-state index contributed by atoms with van der Waals surface area (Å²) < 4.78 is 5.86. The van der Waals surface area contributed by atoms with E-state index in [1.54, 1.807) is 6.26 Å². The molecule has 3 aromatic rings. The van der Waals surface area contributed by atoms with Gasteiger partial charge in [-0.2, -0.15) is 0 Å². The lowest BCUT2D eigenvalue weighted by Crippen LogP contribution is -2.09. The van der Waals surface area contributed by atoms with Crippen LogP contribution < -0.4 is 0 Å². The number of aliphatic imine (C=N–C) groups is 1. The number of hydrogen-bond acceptors (Lipinski definition) is 2. The van der Waals surface area contributed by atoms with Crippen LogP contribution in [-0.2, 0) is 0 Å². The molecule has 0 radical (unpaired) electrons. The monoisotopic (exact) mass is 329 g/mol. The lowest BCUT2D eigenvalue weighted by molar-refractivity contribution is 0.553. The molecule has 2 heteroatoms. The largest absolute Gasteiger partial charge is 0.464 e. The third kappa shape index (κ3) is 4.57. The van der Waals surface area contributed by atoms with Crippen LogP contribution in [0.3, 0.4) is 0 Å². The standard InChI is InChI=1S/C23H23NO/c1-23(2,3)24-17-20-14-15-25-22(20)21(19-12-8-5-9-13-19)16-18-10-6-4-7-11-18/h4-17H,1-3H3/b21-16+,24-17?. The minimum atomic E-state index is -0.120. The van der Waals surface area contributed by atoms with E-state index in [1.807, 2.05) is 48.7 Å². The van der Waals surface area contributed by atoms with Crippen LogP contribution in [0.4, 0.5) is 0 Å². The first-order chi connectivity index (χ1) is 12.0. The first-order valence-corrected chi connectivity index (χ1v) is 8.48. The zero-order valence-corrected chi connectivity index (χ0v) is 14.9. The molecule has 0 aliphatic rings. The average molecular weight is 329 g/mol.